The van der Waals surface area contributed by atoms with E-state index in [1.165, 1.54) is 4.57 Å². The summed E-state index contributed by atoms with van der Waals surface area (Å²) in [5, 5.41) is 10.6. The molecule has 3 aromatic rings. The van der Waals surface area contributed by atoms with Crippen molar-refractivity contribution in [2.45, 2.75) is 40.7 Å². The van der Waals surface area contributed by atoms with Crippen LogP contribution in [0.4, 0.5) is 0 Å². The number of hydrogen-bond donors (Lipinski definition) is 3. The van der Waals surface area contributed by atoms with E-state index in [0.29, 0.717) is 36.1 Å². The van der Waals surface area contributed by atoms with E-state index in [9.17, 15) is 9.59 Å². The Bertz CT molecular complexity index is 1230. The van der Waals surface area contributed by atoms with Crippen LogP contribution in [0.15, 0.2) is 29.3 Å². The van der Waals surface area contributed by atoms with E-state index in [0.717, 1.165) is 28.5 Å². The molecular weight excluding hydrogens is 434 g/mol. The summed E-state index contributed by atoms with van der Waals surface area (Å²) in [5.41, 5.74) is 7.99. The normalized spacial score (nSPS) is 11.9. The first kappa shape index (κ1) is 25.3. The highest BCUT2D eigenvalue weighted by molar-refractivity contribution is 5.94. The lowest BCUT2D eigenvalue weighted by atomic mass is 9.85. The van der Waals surface area contributed by atoms with Gasteiger partial charge in [0.25, 0.3) is 5.56 Å². The minimum atomic E-state index is -0.441. The van der Waals surface area contributed by atoms with Gasteiger partial charge in [-0.1, -0.05) is 27.7 Å². The number of fused-ring (bicyclic) bond motifs is 1. The van der Waals surface area contributed by atoms with Gasteiger partial charge in [0.05, 0.1) is 26.5 Å². The highest BCUT2D eigenvalue weighted by Crippen LogP contribution is 2.38. The third kappa shape index (κ3) is 5.77. The number of carbonyl (C=O) groups is 1. The van der Waals surface area contributed by atoms with Crippen molar-refractivity contribution in [3.63, 3.8) is 0 Å². The number of rotatable bonds is 11. The van der Waals surface area contributed by atoms with Crippen LogP contribution < -0.4 is 26.1 Å². The molecule has 9 heteroatoms. The fraction of sp³-hybridized carbons (Fsp3) is 0.480. The summed E-state index contributed by atoms with van der Waals surface area (Å²) in [5.74, 6) is 1.35. The van der Waals surface area contributed by atoms with E-state index in [4.69, 9.17) is 15.2 Å². The van der Waals surface area contributed by atoms with Crippen molar-refractivity contribution < 1.29 is 14.3 Å². The molecule has 3 rings (SSSR count). The summed E-state index contributed by atoms with van der Waals surface area (Å²) in [6.45, 7) is 9.65. The van der Waals surface area contributed by atoms with Crippen molar-refractivity contribution in [3.8, 4) is 22.6 Å². The summed E-state index contributed by atoms with van der Waals surface area (Å²) in [6, 6.07) is 3.85. The van der Waals surface area contributed by atoms with Gasteiger partial charge in [0, 0.05) is 36.3 Å². The van der Waals surface area contributed by atoms with Crippen molar-refractivity contribution in [2.24, 2.45) is 24.1 Å². The van der Waals surface area contributed by atoms with Crippen LogP contribution in [0.25, 0.3) is 22.0 Å². The zero-order valence-electron chi connectivity index (χ0n) is 20.8. The minimum absolute atomic E-state index is 0.0379. The Morgan fingerprint density at radius 3 is 2.65 bits per heavy atom. The second-order valence-electron chi connectivity index (χ2n) is 9.89. The standard InChI is InChI=1S/C25H35N5O4/c1-15(2)9-25(3,4)14-34-21-8-16(7-20(33-6)18(21)10-27-12-22(26)31)19-13-30(5)24(32)23-17(19)11-28-29-23/h7-8,11,13,15,27H,9-10,12,14H2,1-6H3,(H2,26,31)(H,28,29). The number of hydrogen-bond acceptors (Lipinski definition) is 6. The molecule has 1 amide bonds. The molecule has 0 radical (unpaired) electrons. The average Bonchev–Trinajstić information content (AvgIpc) is 3.24. The van der Waals surface area contributed by atoms with E-state index in [1.807, 2.05) is 12.1 Å². The number of ether oxygens (including phenoxy) is 2. The Morgan fingerprint density at radius 1 is 1.29 bits per heavy atom. The van der Waals surface area contributed by atoms with Gasteiger partial charge in [0.1, 0.15) is 17.0 Å². The van der Waals surface area contributed by atoms with Gasteiger partial charge in [-0.2, -0.15) is 5.10 Å². The number of pyridine rings is 1. The number of methoxy groups -OCH3 is 1. The number of nitrogens with zero attached hydrogens (tertiary/aromatic N) is 2. The van der Waals surface area contributed by atoms with E-state index in [1.54, 1.807) is 26.6 Å². The summed E-state index contributed by atoms with van der Waals surface area (Å²) >= 11 is 0. The third-order valence-corrected chi connectivity index (χ3v) is 5.67. The highest BCUT2D eigenvalue weighted by atomic mass is 16.5. The predicted octanol–water partition coefficient (Wildman–Crippen LogP) is 2.96. The van der Waals surface area contributed by atoms with E-state index < -0.39 is 5.91 Å². The molecule has 0 aliphatic carbocycles. The monoisotopic (exact) mass is 469 g/mol. The predicted molar refractivity (Wildman–Crippen MR) is 133 cm³/mol. The van der Waals surface area contributed by atoms with Gasteiger partial charge >= 0.3 is 0 Å². The summed E-state index contributed by atoms with van der Waals surface area (Å²) in [6.07, 6.45) is 4.44. The molecule has 0 atom stereocenters. The summed E-state index contributed by atoms with van der Waals surface area (Å²) < 4.78 is 13.6. The summed E-state index contributed by atoms with van der Waals surface area (Å²) in [7, 11) is 3.30. The van der Waals surface area contributed by atoms with Crippen LogP contribution in [-0.4, -0.2) is 40.9 Å². The Morgan fingerprint density at radius 2 is 2.00 bits per heavy atom. The number of amides is 1. The topological polar surface area (TPSA) is 124 Å². The van der Waals surface area contributed by atoms with Crippen LogP contribution in [0.3, 0.4) is 0 Å². The molecule has 184 valence electrons. The zero-order chi connectivity index (χ0) is 25.0. The molecular formula is C25H35N5O4. The van der Waals surface area contributed by atoms with Crippen LogP contribution in [0.5, 0.6) is 11.5 Å². The Hall–Kier alpha value is -3.33. The number of benzene rings is 1. The van der Waals surface area contributed by atoms with Crippen LogP contribution in [0.2, 0.25) is 0 Å². The average molecular weight is 470 g/mol. The van der Waals surface area contributed by atoms with Gasteiger partial charge in [0.15, 0.2) is 0 Å². The van der Waals surface area contributed by atoms with Crippen molar-refractivity contribution in [1.82, 2.24) is 20.1 Å². The van der Waals surface area contributed by atoms with Crippen molar-refractivity contribution in [1.29, 1.82) is 0 Å². The number of H-pyrrole nitrogens is 1. The molecule has 4 N–H and O–H groups in total. The number of nitrogens with two attached hydrogens (primary N) is 1. The zero-order valence-corrected chi connectivity index (χ0v) is 20.8. The Labute approximate surface area is 199 Å². The van der Waals surface area contributed by atoms with Gasteiger partial charge in [0.2, 0.25) is 5.91 Å². The number of nitrogens with one attached hydrogen (secondary N) is 2. The van der Waals surface area contributed by atoms with Crippen LogP contribution in [0, 0.1) is 11.3 Å². The number of aromatic amines is 1. The van der Waals surface area contributed by atoms with E-state index in [-0.39, 0.29) is 17.5 Å². The fourth-order valence-electron chi connectivity index (χ4n) is 4.39. The molecule has 0 bridgehead atoms. The number of aryl methyl sites for hydroxylation is 1. The summed E-state index contributed by atoms with van der Waals surface area (Å²) in [4.78, 5) is 23.7. The highest BCUT2D eigenvalue weighted by Gasteiger charge is 2.23. The molecule has 2 aromatic heterocycles. The molecule has 1 aromatic carbocycles. The van der Waals surface area contributed by atoms with Gasteiger partial charge in [-0.25, -0.2) is 0 Å². The number of primary amides is 1. The molecule has 34 heavy (non-hydrogen) atoms. The maximum atomic E-state index is 12.5. The third-order valence-electron chi connectivity index (χ3n) is 5.67. The van der Waals surface area contributed by atoms with Crippen LogP contribution >= 0.6 is 0 Å². The van der Waals surface area contributed by atoms with Gasteiger partial charge < -0.3 is 25.1 Å². The van der Waals surface area contributed by atoms with Crippen molar-refractivity contribution in [2.75, 3.05) is 20.3 Å². The van der Waals surface area contributed by atoms with Crippen LogP contribution in [-0.2, 0) is 18.4 Å². The Balaban J connectivity index is 2.10. The van der Waals surface area contributed by atoms with Crippen LogP contribution in [0.1, 0.15) is 39.7 Å². The van der Waals surface area contributed by atoms with Crippen molar-refractivity contribution in [3.05, 3.63) is 40.4 Å². The number of aromatic nitrogens is 3. The van der Waals surface area contributed by atoms with Gasteiger partial charge in [-0.3, -0.25) is 14.7 Å². The molecule has 0 unspecified atom stereocenters. The molecule has 0 spiro atoms. The Kier molecular flexibility index (Phi) is 7.66. The van der Waals surface area contributed by atoms with Crippen molar-refractivity contribution >= 4 is 16.8 Å². The maximum Gasteiger partial charge on any atom is 0.276 e. The molecule has 0 saturated heterocycles. The lowest BCUT2D eigenvalue weighted by Gasteiger charge is -2.28. The second-order valence-corrected chi connectivity index (χ2v) is 9.89. The van der Waals surface area contributed by atoms with Gasteiger partial charge in [-0.15, -0.1) is 0 Å². The lowest BCUT2D eigenvalue weighted by molar-refractivity contribution is -0.117. The van der Waals surface area contributed by atoms with Gasteiger partial charge in [-0.05, 0) is 35.4 Å². The first-order chi connectivity index (χ1) is 16.0. The second kappa shape index (κ2) is 10.3. The molecule has 0 fully saturated rings. The molecule has 0 aliphatic rings. The van der Waals surface area contributed by atoms with E-state index >= 15 is 0 Å². The quantitative estimate of drug-likeness (QED) is 0.397. The molecule has 0 saturated carbocycles. The SMILES string of the molecule is COc1cc(-c2cn(C)c(=O)c3[nH]ncc23)cc(OCC(C)(C)CC(C)C)c1CNCC(N)=O. The minimum Gasteiger partial charge on any atom is -0.496 e. The smallest absolute Gasteiger partial charge is 0.276 e. The fourth-order valence-corrected chi connectivity index (χ4v) is 4.39. The van der Waals surface area contributed by atoms with E-state index in [2.05, 4.69) is 43.2 Å². The lowest BCUT2D eigenvalue weighted by Crippen LogP contribution is -2.28. The molecule has 9 nitrogen and oxygen atoms in total. The maximum absolute atomic E-state index is 12.5. The first-order valence-electron chi connectivity index (χ1n) is 11.4. The first-order valence-corrected chi connectivity index (χ1v) is 11.4. The molecule has 0 aliphatic heterocycles. The molecule has 2 heterocycles. The number of carbonyl (C=O) groups excluding carboxylic acids is 1. The largest absolute Gasteiger partial charge is 0.496 e.